The lowest BCUT2D eigenvalue weighted by molar-refractivity contribution is 0.266. The Morgan fingerprint density at radius 3 is 2.65 bits per heavy atom. The van der Waals surface area contributed by atoms with Crippen molar-refractivity contribution in [3.05, 3.63) is 17.8 Å². The van der Waals surface area contributed by atoms with E-state index in [1.54, 1.807) is 0 Å². The molecule has 2 rings (SSSR count). The predicted molar refractivity (Wildman–Crippen MR) is 82.9 cm³/mol. The van der Waals surface area contributed by atoms with Crippen LogP contribution in [0.25, 0.3) is 0 Å². The third-order valence-electron chi connectivity index (χ3n) is 4.00. The van der Waals surface area contributed by atoms with E-state index in [9.17, 15) is 0 Å². The molecule has 1 fully saturated rings. The van der Waals surface area contributed by atoms with Crippen LogP contribution in [0.5, 0.6) is 0 Å². The molecule has 5 nitrogen and oxygen atoms in total. The summed E-state index contributed by atoms with van der Waals surface area (Å²) in [6, 6.07) is 4.78. The van der Waals surface area contributed by atoms with E-state index in [4.69, 9.17) is 0 Å². The van der Waals surface area contributed by atoms with Crippen LogP contribution in [-0.4, -0.2) is 54.9 Å². The molecule has 0 spiro atoms. The van der Waals surface area contributed by atoms with Crippen molar-refractivity contribution in [3.63, 3.8) is 0 Å². The molecule has 1 N–H and O–H groups in total. The van der Waals surface area contributed by atoms with Gasteiger partial charge in [-0.1, -0.05) is 13.8 Å². The lowest BCUT2D eigenvalue weighted by Gasteiger charge is -2.22. The normalized spacial score (nSPS) is 22.8. The minimum absolute atomic E-state index is 0.600. The Morgan fingerprint density at radius 1 is 1.30 bits per heavy atom. The fourth-order valence-electron chi connectivity index (χ4n) is 2.82. The van der Waals surface area contributed by atoms with Crippen molar-refractivity contribution in [2.75, 3.05) is 38.6 Å². The van der Waals surface area contributed by atoms with Gasteiger partial charge in [0, 0.05) is 25.7 Å². The molecule has 0 bridgehead atoms. The van der Waals surface area contributed by atoms with Gasteiger partial charge in [-0.2, -0.15) is 5.10 Å². The van der Waals surface area contributed by atoms with Crippen LogP contribution < -0.4 is 10.2 Å². The number of nitrogens with zero attached hydrogens (tertiary/aromatic N) is 4. The van der Waals surface area contributed by atoms with Crippen molar-refractivity contribution in [2.45, 2.75) is 32.9 Å². The number of hydrogen-bond donors (Lipinski definition) is 1. The summed E-state index contributed by atoms with van der Waals surface area (Å²) in [5.74, 6) is 1.66. The third kappa shape index (κ3) is 3.67. The van der Waals surface area contributed by atoms with Crippen LogP contribution >= 0.6 is 0 Å². The van der Waals surface area contributed by atoms with Crippen molar-refractivity contribution in [1.82, 2.24) is 20.4 Å². The Bertz CT molecular complexity index is 403. The van der Waals surface area contributed by atoms with E-state index < -0.39 is 0 Å². The fourth-order valence-corrected chi connectivity index (χ4v) is 2.82. The molecular formula is C15H27N5. The van der Waals surface area contributed by atoms with Gasteiger partial charge in [-0.05, 0) is 45.1 Å². The summed E-state index contributed by atoms with van der Waals surface area (Å²) in [5.41, 5.74) is 1.01. The highest BCUT2D eigenvalue weighted by atomic mass is 15.3. The quantitative estimate of drug-likeness (QED) is 0.796. The van der Waals surface area contributed by atoms with Gasteiger partial charge < -0.3 is 15.1 Å². The standard InChI is InChI=1S/C15H27N5/c1-5-8-16-9-13-6-7-15(18-17-13)20-10-12(2)14(11-20)19(3)4/h6-7,12,14,16H,5,8-11H2,1-4H3. The first kappa shape index (κ1) is 15.2. The first-order valence-electron chi connectivity index (χ1n) is 7.56. The number of aromatic nitrogens is 2. The Balaban J connectivity index is 1.93. The van der Waals surface area contributed by atoms with E-state index in [0.29, 0.717) is 12.0 Å². The summed E-state index contributed by atoms with van der Waals surface area (Å²) in [7, 11) is 4.30. The molecule has 20 heavy (non-hydrogen) atoms. The van der Waals surface area contributed by atoms with Crippen molar-refractivity contribution >= 4 is 5.82 Å². The zero-order valence-electron chi connectivity index (χ0n) is 13.1. The summed E-state index contributed by atoms with van der Waals surface area (Å²) in [6.45, 7) is 8.40. The lowest BCUT2D eigenvalue weighted by atomic mass is 10.1. The van der Waals surface area contributed by atoms with Crippen LogP contribution in [-0.2, 0) is 6.54 Å². The van der Waals surface area contributed by atoms with E-state index in [1.165, 1.54) is 0 Å². The number of hydrogen-bond acceptors (Lipinski definition) is 5. The Hall–Kier alpha value is -1.20. The molecular weight excluding hydrogens is 250 g/mol. The van der Waals surface area contributed by atoms with E-state index in [-0.39, 0.29) is 0 Å². The summed E-state index contributed by atoms with van der Waals surface area (Å²) < 4.78 is 0. The SMILES string of the molecule is CCCNCc1ccc(N2CC(C)C(N(C)C)C2)nn1. The highest BCUT2D eigenvalue weighted by molar-refractivity contribution is 5.39. The maximum Gasteiger partial charge on any atom is 0.151 e. The molecule has 1 aromatic heterocycles. The van der Waals surface area contributed by atoms with E-state index in [0.717, 1.165) is 44.1 Å². The molecule has 2 unspecified atom stereocenters. The maximum absolute atomic E-state index is 4.39. The van der Waals surface area contributed by atoms with Crippen LogP contribution in [0, 0.1) is 5.92 Å². The minimum Gasteiger partial charge on any atom is -0.353 e. The van der Waals surface area contributed by atoms with Gasteiger partial charge in [-0.15, -0.1) is 5.10 Å². The highest BCUT2D eigenvalue weighted by Gasteiger charge is 2.31. The van der Waals surface area contributed by atoms with Crippen molar-refractivity contribution in [1.29, 1.82) is 0 Å². The summed E-state index contributed by atoms with van der Waals surface area (Å²) >= 11 is 0. The molecule has 0 saturated carbocycles. The number of likely N-dealkylation sites (N-methyl/N-ethyl adjacent to an activating group) is 1. The topological polar surface area (TPSA) is 44.3 Å². The highest BCUT2D eigenvalue weighted by Crippen LogP contribution is 2.24. The first-order chi connectivity index (χ1) is 9.61. The molecule has 1 saturated heterocycles. The second kappa shape index (κ2) is 6.99. The van der Waals surface area contributed by atoms with Gasteiger partial charge in [-0.3, -0.25) is 0 Å². The zero-order chi connectivity index (χ0) is 14.5. The van der Waals surface area contributed by atoms with Crippen molar-refractivity contribution in [3.8, 4) is 0 Å². The van der Waals surface area contributed by atoms with Crippen molar-refractivity contribution < 1.29 is 0 Å². The predicted octanol–water partition coefficient (Wildman–Crippen LogP) is 1.36. The molecule has 1 aliphatic heterocycles. The number of anilines is 1. The van der Waals surface area contributed by atoms with Gasteiger partial charge in [0.2, 0.25) is 0 Å². The van der Waals surface area contributed by atoms with Gasteiger partial charge in [0.05, 0.1) is 5.69 Å². The first-order valence-corrected chi connectivity index (χ1v) is 7.56. The lowest BCUT2D eigenvalue weighted by Crippen LogP contribution is -2.34. The molecule has 0 aliphatic carbocycles. The van der Waals surface area contributed by atoms with E-state index in [2.05, 4.69) is 65.4 Å². The van der Waals surface area contributed by atoms with Crippen LogP contribution in [0.2, 0.25) is 0 Å². The second-order valence-corrected chi connectivity index (χ2v) is 5.97. The molecule has 1 aliphatic rings. The largest absolute Gasteiger partial charge is 0.353 e. The van der Waals surface area contributed by atoms with Gasteiger partial charge in [0.1, 0.15) is 0 Å². The second-order valence-electron chi connectivity index (χ2n) is 5.97. The smallest absolute Gasteiger partial charge is 0.151 e. The Kier molecular flexibility index (Phi) is 5.31. The van der Waals surface area contributed by atoms with Crippen molar-refractivity contribution in [2.24, 2.45) is 5.92 Å². The monoisotopic (exact) mass is 277 g/mol. The molecule has 0 radical (unpaired) electrons. The average molecular weight is 277 g/mol. The summed E-state index contributed by atoms with van der Waals surface area (Å²) in [6.07, 6.45) is 1.14. The van der Waals surface area contributed by atoms with Crippen LogP contribution in [0.1, 0.15) is 26.0 Å². The van der Waals surface area contributed by atoms with Crippen LogP contribution in [0.15, 0.2) is 12.1 Å². The molecule has 2 heterocycles. The van der Waals surface area contributed by atoms with Gasteiger partial charge in [-0.25, -0.2) is 0 Å². The van der Waals surface area contributed by atoms with Gasteiger partial charge >= 0.3 is 0 Å². The van der Waals surface area contributed by atoms with Crippen LogP contribution in [0.3, 0.4) is 0 Å². The van der Waals surface area contributed by atoms with E-state index >= 15 is 0 Å². The van der Waals surface area contributed by atoms with Gasteiger partial charge in [0.25, 0.3) is 0 Å². The van der Waals surface area contributed by atoms with Gasteiger partial charge in [0.15, 0.2) is 5.82 Å². The Labute approximate surface area is 122 Å². The summed E-state index contributed by atoms with van der Waals surface area (Å²) in [5, 5.41) is 12.1. The summed E-state index contributed by atoms with van der Waals surface area (Å²) in [4.78, 5) is 4.65. The number of rotatable bonds is 6. The third-order valence-corrected chi connectivity index (χ3v) is 4.00. The molecule has 0 amide bonds. The molecule has 1 aromatic rings. The average Bonchev–Trinajstić information content (AvgIpc) is 2.82. The maximum atomic E-state index is 4.39. The minimum atomic E-state index is 0.600. The molecule has 0 aromatic carbocycles. The molecule has 5 heteroatoms. The number of nitrogens with one attached hydrogen (secondary N) is 1. The molecule has 112 valence electrons. The zero-order valence-corrected chi connectivity index (χ0v) is 13.1. The van der Waals surface area contributed by atoms with E-state index in [1.807, 2.05) is 0 Å². The molecule has 2 atom stereocenters. The Morgan fingerprint density at radius 2 is 2.10 bits per heavy atom. The fraction of sp³-hybridized carbons (Fsp3) is 0.733. The van der Waals surface area contributed by atoms with Crippen LogP contribution in [0.4, 0.5) is 5.82 Å².